The average Bonchev–Trinajstić information content (AvgIpc) is 2.98. The lowest BCUT2D eigenvalue weighted by Gasteiger charge is -2.16. The molecule has 0 aliphatic rings. The molecule has 0 bridgehead atoms. The molecule has 1 atom stereocenters. The van der Waals surface area contributed by atoms with Crippen LogP contribution in [-0.4, -0.2) is 23.5 Å². The molecule has 1 aromatic heterocycles. The van der Waals surface area contributed by atoms with Gasteiger partial charge >= 0.3 is 0 Å². The molecule has 0 aliphatic heterocycles. The minimum absolute atomic E-state index is 0.00123. The summed E-state index contributed by atoms with van der Waals surface area (Å²) in [5, 5.41) is 2.99. The van der Waals surface area contributed by atoms with E-state index < -0.39 is 0 Å². The molecule has 1 aromatic carbocycles. The third-order valence-corrected chi connectivity index (χ3v) is 4.00. The van der Waals surface area contributed by atoms with Crippen LogP contribution in [0.15, 0.2) is 34.7 Å². The van der Waals surface area contributed by atoms with E-state index in [1.165, 1.54) is 0 Å². The van der Waals surface area contributed by atoms with Gasteiger partial charge in [0.1, 0.15) is 0 Å². The molecule has 24 heavy (non-hydrogen) atoms. The first-order valence-electron chi connectivity index (χ1n) is 8.65. The van der Waals surface area contributed by atoms with Crippen LogP contribution in [0.3, 0.4) is 0 Å². The van der Waals surface area contributed by atoms with Gasteiger partial charge in [-0.1, -0.05) is 50.1 Å². The van der Waals surface area contributed by atoms with Gasteiger partial charge in [0.2, 0.25) is 5.91 Å². The van der Waals surface area contributed by atoms with Gasteiger partial charge in [0, 0.05) is 31.0 Å². The van der Waals surface area contributed by atoms with Gasteiger partial charge in [0.25, 0.3) is 0 Å². The van der Waals surface area contributed by atoms with Crippen molar-refractivity contribution in [3.8, 4) is 11.3 Å². The van der Waals surface area contributed by atoms with Gasteiger partial charge in [-0.05, 0) is 13.3 Å². The molecule has 1 unspecified atom stereocenters. The molecular formula is C19H27N3O2. The molecule has 0 fully saturated rings. The molecular weight excluding hydrogens is 302 g/mol. The van der Waals surface area contributed by atoms with Gasteiger partial charge in [0.15, 0.2) is 11.7 Å². The van der Waals surface area contributed by atoms with Crippen molar-refractivity contribution in [1.29, 1.82) is 0 Å². The van der Waals surface area contributed by atoms with Gasteiger partial charge < -0.3 is 15.5 Å². The zero-order valence-electron chi connectivity index (χ0n) is 14.5. The Balaban J connectivity index is 1.89. The number of unbranched alkanes of at least 4 members (excludes halogenated alkanes) is 1. The van der Waals surface area contributed by atoms with Crippen molar-refractivity contribution in [2.45, 2.75) is 52.0 Å². The Morgan fingerprint density at radius 2 is 2.08 bits per heavy atom. The van der Waals surface area contributed by atoms with Gasteiger partial charge in [-0.25, -0.2) is 4.98 Å². The van der Waals surface area contributed by atoms with E-state index in [0.29, 0.717) is 25.3 Å². The van der Waals surface area contributed by atoms with Crippen LogP contribution in [0, 0.1) is 6.92 Å². The van der Waals surface area contributed by atoms with Crippen LogP contribution in [0.5, 0.6) is 0 Å². The Kier molecular flexibility index (Phi) is 7.00. The Bertz CT molecular complexity index is 637. The van der Waals surface area contributed by atoms with E-state index >= 15 is 0 Å². The molecule has 0 spiro atoms. The fourth-order valence-corrected chi connectivity index (χ4v) is 2.64. The topological polar surface area (TPSA) is 81.1 Å². The Labute approximate surface area is 143 Å². The Hall–Kier alpha value is -2.14. The van der Waals surface area contributed by atoms with E-state index in [2.05, 4.69) is 17.2 Å². The van der Waals surface area contributed by atoms with Crippen LogP contribution in [0.25, 0.3) is 11.3 Å². The summed E-state index contributed by atoms with van der Waals surface area (Å²) >= 11 is 0. The number of oxazole rings is 1. The number of aromatic nitrogens is 1. The lowest BCUT2D eigenvalue weighted by atomic mass is 10.1. The van der Waals surface area contributed by atoms with E-state index in [1.54, 1.807) is 0 Å². The number of nitrogens with one attached hydrogen (secondary N) is 1. The molecule has 2 rings (SSSR count). The molecule has 5 heteroatoms. The first-order valence-corrected chi connectivity index (χ1v) is 8.65. The van der Waals surface area contributed by atoms with Gasteiger partial charge in [-0.15, -0.1) is 0 Å². The van der Waals surface area contributed by atoms with Crippen molar-refractivity contribution in [1.82, 2.24) is 10.3 Å². The molecule has 130 valence electrons. The number of amides is 1. The monoisotopic (exact) mass is 329 g/mol. The molecule has 0 radical (unpaired) electrons. The predicted octanol–water partition coefficient (Wildman–Crippen LogP) is 3.22. The summed E-state index contributed by atoms with van der Waals surface area (Å²) in [7, 11) is 0. The Morgan fingerprint density at radius 1 is 1.33 bits per heavy atom. The first kappa shape index (κ1) is 18.2. The lowest BCUT2D eigenvalue weighted by molar-refractivity contribution is -0.121. The number of carbonyl (C=O) groups is 1. The second-order valence-electron chi connectivity index (χ2n) is 6.03. The van der Waals surface area contributed by atoms with Crippen LogP contribution in [0.1, 0.15) is 44.2 Å². The summed E-state index contributed by atoms with van der Waals surface area (Å²) in [5.74, 6) is 1.37. The highest BCUT2D eigenvalue weighted by Gasteiger charge is 2.14. The summed E-state index contributed by atoms with van der Waals surface area (Å²) in [6.07, 6.45) is 3.95. The van der Waals surface area contributed by atoms with Crippen LogP contribution < -0.4 is 11.1 Å². The van der Waals surface area contributed by atoms with Crippen molar-refractivity contribution in [3.05, 3.63) is 41.9 Å². The molecule has 5 nitrogen and oxygen atoms in total. The largest absolute Gasteiger partial charge is 0.440 e. The second kappa shape index (κ2) is 9.23. The third kappa shape index (κ3) is 5.20. The highest BCUT2D eigenvalue weighted by Crippen LogP contribution is 2.24. The predicted molar refractivity (Wildman–Crippen MR) is 95.5 cm³/mol. The maximum Gasteiger partial charge on any atom is 0.220 e. The second-order valence-corrected chi connectivity index (χ2v) is 6.03. The van der Waals surface area contributed by atoms with Gasteiger partial charge in [-0.2, -0.15) is 0 Å². The molecule has 0 saturated carbocycles. The fraction of sp³-hybridized carbons (Fsp3) is 0.474. The number of carbonyl (C=O) groups excluding carboxylic acids is 1. The fourth-order valence-electron chi connectivity index (χ4n) is 2.64. The van der Waals surface area contributed by atoms with E-state index in [4.69, 9.17) is 10.2 Å². The van der Waals surface area contributed by atoms with Crippen molar-refractivity contribution >= 4 is 5.91 Å². The first-order chi connectivity index (χ1) is 11.6. The number of rotatable bonds is 9. The van der Waals surface area contributed by atoms with Crippen molar-refractivity contribution < 1.29 is 9.21 Å². The lowest BCUT2D eigenvalue weighted by Crippen LogP contribution is -2.40. The molecule has 0 saturated heterocycles. The standard InChI is InChI=1S/C19H27N3O2/c1-3-4-10-16(13-20)22-17(23)11-12-18-21-14(2)19(24-18)15-8-6-5-7-9-15/h5-9,16H,3-4,10-13,20H2,1-2H3,(H,22,23). The number of nitrogens with zero attached hydrogens (tertiary/aromatic N) is 1. The van der Waals surface area contributed by atoms with Crippen molar-refractivity contribution in [3.63, 3.8) is 0 Å². The van der Waals surface area contributed by atoms with E-state index in [1.807, 2.05) is 37.3 Å². The summed E-state index contributed by atoms with van der Waals surface area (Å²) in [5.41, 5.74) is 7.56. The maximum absolute atomic E-state index is 12.1. The normalized spacial score (nSPS) is 12.1. The van der Waals surface area contributed by atoms with Gasteiger partial charge in [-0.3, -0.25) is 4.79 Å². The zero-order valence-corrected chi connectivity index (χ0v) is 14.5. The SMILES string of the molecule is CCCCC(CN)NC(=O)CCc1nc(C)c(-c2ccccc2)o1. The smallest absolute Gasteiger partial charge is 0.220 e. The molecule has 0 aliphatic carbocycles. The highest BCUT2D eigenvalue weighted by atomic mass is 16.4. The van der Waals surface area contributed by atoms with E-state index in [9.17, 15) is 4.79 Å². The number of nitrogens with two attached hydrogens (primary N) is 1. The third-order valence-electron chi connectivity index (χ3n) is 4.00. The van der Waals surface area contributed by atoms with Crippen LogP contribution >= 0.6 is 0 Å². The molecule has 3 N–H and O–H groups in total. The summed E-state index contributed by atoms with van der Waals surface area (Å²) in [6.45, 7) is 4.53. The van der Waals surface area contributed by atoms with Crippen molar-refractivity contribution in [2.24, 2.45) is 5.73 Å². The van der Waals surface area contributed by atoms with Crippen LogP contribution in [-0.2, 0) is 11.2 Å². The molecule has 1 amide bonds. The summed E-state index contributed by atoms with van der Waals surface area (Å²) < 4.78 is 5.83. The number of benzene rings is 1. The summed E-state index contributed by atoms with van der Waals surface area (Å²) in [4.78, 5) is 16.5. The highest BCUT2D eigenvalue weighted by molar-refractivity contribution is 5.76. The Morgan fingerprint density at radius 3 is 2.75 bits per heavy atom. The van der Waals surface area contributed by atoms with Crippen LogP contribution in [0.2, 0.25) is 0 Å². The number of aryl methyl sites for hydroxylation is 2. The zero-order chi connectivity index (χ0) is 17.4. The minimum Gasteiger partial charge on any atom is -0.440 e. The summed E-state index contributed by atoms with van der Waals surface area (Å²) in [6, 6.07) is 9.94. The van der Waals surface area contributed by atoms with Crippen molar-refractivity contribution in [2.75, 3.05) is 6.54 Å². The molecule has 2 aromatic rings. The number of hydrogen-bond acceptors (Lipinski definition) is 4. The van der Waals surface area contributed by atoms with Crippen LogP contribution in [0.4, 0.5) is 0 Å². The maximum atomic E-state index is 12.1. The number of hydrogen-bond donors (Lipinski definition) is 2. The molecule has 1 heterocycles. The van der Waals surface area contributed by atoms with Gasteiger partial charge in [0.05, 0.1) is 5.69 Å². The minimum atomic E-state index is -0.00123. The van der Waals surface area contributed by atoms with E-state index in [-0.39, 0.29) is 11.9 Å². The average molecular weight is 329 g/mol. The van der Waals surface area contributed by atoms with E-state index in [0.717, 1.165) is 36.3 Å². The quantitative estimate of drug-likeness (QED) is 0.740.